The van der Waals surface area contributed by atoms with Crippen LogP contribution in [0.25, 0.3) is 0 Å². The topological polar surface area (TPSA) is 21.3 Å². The standard InChI is InChI=1S/C13H25NO/c1-4-12(5-2)9-14-10-13(6-3,15-12)11-7-8-11/h11,14H,4-10H2,1-3H3. The minimum absolute atomic E-state index is 0.108. The quantitative estimate of drug-likeness (QED) is 0.772. The van der Waals surface area contributed by atoms with Crippen molar-refractivity contribution in [1.29, 1.82) is 0 Å². The molecule has 2 aliphatic rings. The third-order valence-electron chi connectivity index (χ3n) is 4.50. The molecule has 1 aliphatic carbocycles. The van der Waals surface area contributed by atoms with Crippen molar-refractivity contribution in [2.24, 2.45) is 5.92 Å². The fourth-order valence-electron chi connectivity index (χ4n) is 2.97. The summed E-state index contributed by atoms with van der Waals surface area (Å²) in [5.74, 6) is 0.827. The summed E-state index contributed by atoms with van der Waals surface area (Å²) in [6.07, 6.45) is 6.17. The number of hydrogen-bond donors (Lipinski definition) is 1. The van der Waals surface area contributed by atoms with Crippen molar-refractivity contribution in [2.75, 3.05) is 13.1 Å². The maximum atomic E-state index is 6.57. The summed E-state index contributed by atoms with van der Waals surface area (Å²) < 4.78 is 6.57. The summed E-state index contributed by atoms with van der Waals surface area (Å²) in [5, 5.41) is 3.62. The second-order valence-corrected chi connectivity index (χ2v) is 5.29. The van der Waals surface area contributed by atoms with Crippen LogP contribution in [-0.2, 0) is 4.74 Å². The Labute approximate surface area is 93.8 Å². The van der Waals surface area contributed by atoms with Crippen LogP contribution in [0.1, 0.15) is 52.9 Å². The van der Waals surface area contributed by atoms with Gasteiger partial charge in [0.25, 0.3) is 0 Å². The van der Waals surface area contributed by atoms with Gasteiger partial charge >= 0.3 is 0 Å². The zero-order valence-electron chi connectivity index (χ0n) is 10.4. The molecule has 1 unspecified atom stereocenters. The lowest BCUT2D eigenvalue weighted by atomic mass is 9.86. The van der Waals surface area contributed by atoms with Gasteiger partial charge in [0.2, 0.25) is 0 Å². The Bertz CT molecular complexity index is 221. The molecule has 0 aromatic carbocycles. The third kappa shape index (κ3) is 1.94. The SMILES string of the molecule is CCC1(CC)CNCC(CC)(C2CC2)O1. The Hall–Kier alpha value is -0.0800. The maximum absolute atomic E-state index is 6.57. The molecular weight excluding hydrogens is 186 g/mol. The summed E-state index contributed by atoms with van der Waals surface area (Å²) >= 11 is 0. The van der Waals surface area contributed by atoms with Crippen LogP contribution in [0.2, 0.25) is 0 Å². The molecule has 1 atom stereocenters. The van der Waals surface area contributed by atoms with Gasteiger partial charge in [0.1, 0.15) is 0 Å². The molecule has 2 rings (SSSR count). The molecule has 0 amide bonds. The van der Waals surface area contributed by atoms with Crippen LogP contribution in [0.15, 0.2) is 0 Å². The average Bonchev–Trinajstić information content (AvgIpc) is 3.13. The summed E-state index contributed by atoms with van der Waals surface area (Å²) in [4.78, 5) is 0. The van der Waals surface area contributed by atoms with E-state index in [2.05, 4.69) is 26.1 Å². The lowest BCUT2D eigenvalue weighted by Gasteiger charge is -2.48. The van der Waals surface area contributed by atoms with Crippen LogP contribution in [0, 0.1) is 5.92 Å². The first-order chi connectivity index (χ1) is 7.20. The van der Waals surface area contributed by atoms with Crippen molar-refractivity contribution in [1.82, 2.24) is 5.32 Å². The largest absolute Gasteiger partial charge is 0.366 e. The van der Waals surface area contributed by atoms with Gasteiger partial charge in [-0.25, -0.2) is 0 Å². The molecule has 0 spiro atoms. The predicted molar refractivity (Wildman–Crippen MR) is 63.0 cm³/mol. The van der Waals surface area contributed by atoms with Crippen LogP contribution < -0.4 is 5.32 Å². The Morgan fingerprint density at radius 1 is 1.07 bits per heavy atom. The molecule has 1 saturated carbocycles. The summed E-state index contributed by atoms with van der Waals surface area (Å²) in [7, 11) is 0. The van der Waals surface area contributed by atoms with Crippen molar-refractivity contribution < 1.29 is 4.74 Å². The molecule has 1 N–H and O–H groups in total. The van der Waals surface area contributed by atoms with Crippen molar-refractivity contribution in [3.05, 3.63) is 0 Å². The second kappa shape index (κ2) is 4.06. The number of nitrogens with one attached hydrogen (secondary N) is 1. The van der Waals surface area contributed by atoms with Crippen molar-refractivity contribution in [2.45, 2.75) is 64.1 Å². The zero-order chi connectivity index (χ0) is 10.9. The monoisotopic (exact) mass is 211 g/mol. The van der Waals surface area contributed by atoms with Crippen molar-refractivity contribution in [3.8, 4) is 0 Å². The first-order valence-corrected chi connectivity index (χ1v) is 6.61. The first-order valence-electron chi connectivity index (χ1n) is 6.61. The van der Waals surface area contributed by atoms with Crippen LogP contribution in [0.3, 0.4) is 0 Å². The number of rotatable bonds is 4. The van der Waals surface area contributed by atoms with Crippen LogP contribution in [0.4, 0.5) is 0 Å². The van der Waals surface area contributed by atoms with Crippen molar-refractivity contribution in [3.63, 3.8) is 0 Å². The normalized spacial score (nSPS) is 35.4. The lowest BCUT2D eigenvalue weighted by Crippen LogP contribution is -2.60. The molecule has 0 aromatic rings. The Balaban J connectivity index is 2.13. The fourth-order valence-corrected chi connectivity index (χ4v) is 2.97. The van der Waals surface area contributed by atoms with Crippen LogP contribution in [0.5, 0.6) is 0 Å². The Morgan fingerprint density at radius 2 is 1.73 bits per heavy atom. The van der Waals surface area contributed by atoms with E-state index in [0.717, 1.165) is 38.3 Å². The highest BCUT2D eigenvalue weighted by molar-refractivity contribution is 5.03. The molecule has 1 heterocycles. The molecule has 88 valence electrons. The molecule has 1 saturated heterocycles. The molecule has 2 heteroatoms. The number of hydrogen-bond acceptors (Lipinski definition) is 2. The van der Waals surface area contributed by atoms with Gasteiger partial charge in [-0.3, -0.25) is 0 Å². The van der Waals surface area contributed by atoms with E-state index in [4.69, 9.17) is 4.74 Å². The van der Waals surface area contributed by atoms with E-state index in [1.165, 1.54) is 12.8 Å². The summed E-state index contributed by atoms with van der Waals surface area (Å²) in [6.45, 7) is 8.89. The molecule has 15 heavy (non-hydrogen) atoms. The van der Waals surface area contributed by atoms with Crippen LogP contribution >= 0.6 is 0 Å². The van der Waals surface area contributed by atoms with E-state index in [1.54, 1.807) is 0 Å². The van der Waals surface area contributed by atoms with Gasteiger partial charge in [0, 0.05) is 13.1 Å². The molecule has 0 aromatic heterocycles. The number of morpholine rings is 1. The lowest BCUT2D eigenvalue weighted by molar-refractivity contribution is -0.192. The van der Waals surface area contributed by atoms with Crippen molar-refractivity contribution >= 4 is 0 Å². The molecule has 2 fully saturated rings. The van der Waals surface area contributed by atoms with Gasteiger partial charge in [0.15, 0.2) is 0 Å². The van der Waals surface area contributed by atoms with Gasteiger partial charge in [-0.2, -0.15) is 0 Å². The maximum Gasteiger partial charge on any atom is 0.0839 e. The van der Waals surface area contributed by atoms with E-state index >= 15 is 0 Å². The highest BCUT2D eigenvalue weighted by Gasteiger charge is 2.51. The second-order valence-electron chi connectivity index (χ2n) is 5.29. The molecular formula is C13H25NO. The van der Waals surface area contributed by atoms with E-state index in [0.29, 0.717) is 0 Å². The minimum atomic E-state index is 0.108. The minimum Gasteiger partial charge on any atom is -0.366 e. The predicted octanol–water partition coefficient (Wildman–Crippen LogP) is 2.72. The molecule has 0 bridgehead atoms. The Kier molecular flexibility index (Phi) is 3.09. The van der Waals surface area contributed by atoms with E-state index in [-0.39, 0.29) is 11.2 Å². The third-order valence-corrected chi connectivity index (χ3v) is 4.50. The fraction of sp³-hybridized carbons (Fsp3) is 1.00. The summed E-state index contributed by atoms with van der Waals surface area (Å²) in [6, 6.07) is 0. The van der Waals surface area contributed by atoms with E-state index in [1.807, 2.05) is 0 Å². The number of ether oxygens (including phenoxy) is 1. The van der Waals surface area contributed by atoms with Gasteiger partial charge in [-0.15, -0.1) is 0 Å². The highest BCUT2D eigenvalue weighted by Crippen LogP contribution is 2.47. The molecule has 2 nitrogen and oxygen atoms in total. The van der Waals surface area contributed by atoms with E-state index in [9.17, 15) is 0 Å². The Morgan fingerprint density at radius 3 is 2.20 bits per heavy atom. The zero-order valence-corrected chi connectivity index (χ0v) is 10.4. The molecule has 1 aliphatic heterocycles. The summed E-state index contributed by atoms with van der Waals surface area (Å²) in [5.41, 5.74) is 0.265. The first kappa shape index (κ1) is 11.4. The van der Waals surface area contributed by atoms with Gasteiger partial charge < -0.3 is 10.1 Å². The smallest absolute Gasteiger partial charge is 0.0839 e. The van der Waals surface area contributed by atoms with Gasteiger partial charge in [0.05, 0.1) is 11.2 Å². The van der Waals surface area contributed by atoms with E-state index < -0.39 is 0 Å². The molecule has 0 radical (unpaired) electrons. The highest BCUT2D eigenvalue weighted by atomic mass is 16.5. The average molecular weight is 211 g/mol. The van der Waals surface area contributed by atoms with Gasteiger partial charge in [-0.1, -0.05) is 20.8 Å². The van der Waals surface area contributed by atoms with Gasteiger partial charge in [-0.05, 0) is 38.0 Å². The van der Waals surface area contributed by atoms with Crippen LogP contribution in [-0.4, -0.2) is 24.3 Å².